The van der Waals surface area contributed by atoms with E-state index in [4.69, 9.17) is 5.73 Å². The number of aromatic nitrogens is 2. The zero-order valence-electron chi connectivity index (χ0n) is 14.1. The molecular weight excluding hydrogens is 310 g/mol. The molecule has 1 amide bonds. The minimum Gasteiger partial charge on any atom is -0.366 e. The van der Waals surface area contributed by atoms with Gasteiger partial charge >= 0.3 is 0 Å². The van der Waals surface area contributed by atoms with Gasteiger partial charge in [-0.3, -0.25) is 9.78 Å². The molecule has 124 valence electrons. The van der Waals surface area contributed by atoms with Crippen molar-refractivity contribution >= 4 is 27.7 Å². The maximum absolute atomic E-state index is 11.9. The number of rotatable bonds is 4. The fourth-order valence-electron chi connectivity index (χ4n) is 3.44. The van der Waals surface area contributed by atoms with Crippen molar-refractivity contribution in [2.24, 2.45) is 5.73 Å². The van der Waals surface area contributed by atoms with Crippen molar-refractivity contribution < 1.29 is 4.79 Å². The summed E-state index contributed by atoms with van der Waals surface area (Å²) in [6, 6.07) is 18.0. The van der Waals surface area contributed by atoms with Gasteiger partial charge in [0.15, 0.2) is 0 Å². The van der Waals surface area contributed by atoms with Gasteiger partial charge in [-0.25, -0.2) is 0 Å². The summed E-state index contributed by atoms with van der Waals surface area (Å²) in [6.07, 6.45) is 2.76. The summed E-state index contributed by atoms with van der Waals surface area (Å²) < 4.78 is 2.22. The van der Waals surface area contributed by atoms with Gasteiger partial charge in [-0.05, 0) is 42.3 Å². The number of amides is 1. The van der Waals surface area contributed by atoms with Gasteiger partial charge in [0.05, 0.1) is 17.8 Å². The zero-order valence-corrected chi connectivity index (χ0v) is 14.1. The molecule has 4 heteroatoms. The first-order valence-corrected chi connectivity index (χ1v) is 8.42. The van der Waals surface area contributed by atoms with E-state index < -0.39 is 5.91 Å². The van der Waals surface area contributed by atoms with E-state index in [0.717, 1.165) is 33.9 Å². The summed E-state index contributed by atoms with van der Waals surface area (Å²) in [6.45, 7) is 2.79. The molecule has 25 heavy (non-hydrogen) atoms. The number of fused-ring (bicyclic) bond motifs is 3. The zero-order chi connectivity index (χ0) is 17.4. The fourth-order valence-corrected chi connectivity index (χ4v) is 3.44. The van der Waals surface area contributed by atoms with Crippen molar-refractivity contribution in [2.75, 3.05) is 0 Å². The number of aryl methyl sites for hydroxylation is 1. The monoisotopic (exact) mass is 329 g/mol. The van der Waals surface area contributed by atoms with Gasteiger partial charge in [0, 0.05) is 28.0 Å². The number of carbonyl (C=O) groups excluding carboxylic acids is 1. The van der Waals surface area contributed by atoms with Crippen LogP contribution in [-0.4, -0.2) is 15.5 Å². The van der Waals surface area contributed by atoms with E-state index in [2.05, 4.69) is 34.7 Å². The Morgan fingerprint density at radius 2 is 1.96 bits per heavy atom. The van der Waals surface area contributed by atoms with E-state index in [1.807, 2.05) is 30.3 Å². The minimum atomic E-state index is -0.401. The molecule has 2 aromatic heterocycles. The Morgan fingerprint density at radius 1 is 1.08 bits per heavy atom. The lowest BCUT2D eigenvalue weighted by molar-refractivity contribution is 0.100. The molecule has 4 rings (SSSR count). The van der Waals surface area contributed by atoms with Crippen LogP contribution in [0.15, 0.2) is 60.8 Å². The number of hydrogen-bond acceptors (Lipinski definition) is 2. The molecule has 0 fully saturated rings. The van der Waals surface area contributed by atoms with Crippen molar-refractivity contribution in [1.29, 1.82) is 0 Å². The van der Waals surface area contributed by atoms with E-state index in [-0.39, 0.29) is 0 Å². The third-order valence-corrected chi connectivity index (χ3v) is 4.68. The minimum absolute atomic E-state index is 0.401. The van der Waals surface area contributed by atoms with Gasteiger partial charge in [0.25, 0.3) is 0 Å². The number of benzene rings is 2. The van der Waals surface area contributed by atoms with Crippen LogP contribution in [-0.2, 0) is 13.0 Å². The van der Waals surface area contributed by atoms with Crippen LogP contribution in [0, 0.1) is 0 Å². The molecule has 0 bridgehead atoms. The molecule has 4 nitrogen and oxygen atoms in total. The number of nitrogens with two attached hydrogens (primary N) is 1. The number of carbonyl (C=O) groups is 1. The molecule has 2 N–H and O–H groups in total. The van der Waals surface area contributed by atoms with Gasteiger partial charge in [-0.2, -0.15) is 0 Å². The van der Waals surface area contributed by atoms with Gasteiger partial charge in [-0.1, -0.05) is 31.2 Å². The predicted octanol–water partition coefficient (Wildman–Crippen LogP) is 3.90. The molecule has 0 aliphatic heterocycles. The lowest BCUT2D eigenvalue weighted by Crippen LogP contribution is -2.11. The number of hydrogen-bond donors (Lipinski definition) is 1. The SMILES string of the molecule is CCc1ccc2c3c(C(N)=O)cccc3n(Cc3ccccn3)c2c1. The maximum atomic E-state index is 11.9. The van der Waals surface area contributed by atoms with Crippen molar-refractivity contribution in [1.82, 2.24) is 9.55 Å². The van der Waals surface area contributed by atoms with E-state index in [9.17, 15) is 4.79 Å². The highest BCUT2D eigenvalue weighted by atomic mass is 16.1. The van der Waals surface area contributed by atoms with Crippen LogP contribution < -0.4 is 5.73 Å². The molecule has 4 aromatic rings. The van der Waals surface area contributed by atoms with Crippen LogP contribution in [0.4, 0.5) is 0 Å². The molecule has 0 spiro atoms. The largest absolute Gasteiger partial charge is 0.366 e. The average Bonchev–Trinajstić information content (AvgIpc) is 2.95. The lowest BCUT2D eigenvalue weighted by Gasteiger charge is -2.08. The standard InChI is InChI=1S/C21H19N3O/c1-2-14-9-10-16-19(12-14)24(13-15-6-3-4-11-23-15)18-8-5-7-17(20(16)18)21(22)25/h3-12H,2,13H2,1H3,(H2,22,25). The van der Waals surface area contributed by atoms with Gasteiger partial charge < -0.3 is 10.3 Å². The number of primary amides is 1. The lowest BCUT2D eigenvalue weighted by atomic mass is 10.0. The Hall–Kier alpha value is -3.14. The average molecular weight is 329 g/mol. The summed E-state index contributed by atoms with van der Waals surface area (Å²) in [5.74, 6) is -0.401. The van der Waals surface area contributed by atoms with Crippen LogP contribution in [0.1, 0.15) is 28.5 Å². The van der Waals surface area contributed by atoms with Crippen molar-refractivity contribution in [3.63, 3.8) is 0 Å². The Labute approximate surface area is 145 Å². The molecule has 0 aliphatic carbocycles. The maximum Gasteiger partial charge on any atom is 0.249 e. The molecule has 0 atom stereocenters. The Morgan fingerprint density at radius 3 is 2.68 bits per heavy atom. The second kappa shape index (κ2) is 6.06. The quantitative estimate of drug-likeness (QED) is 0.617. The van der Waals surface area contributed by atoms with Crippen LogP contribution in [0.5, 0.6) is 0 Å². The third-order valence-electron chi connectivity index (χ3n) is 4.68. The van der Waals surface area contributed by atoms with Gasteiger partial charge in [-0.15, -0.1) is 0 Å². The second-order valence-corrected chi connectivity index (χ2v) is 6.18. The molecule has 0 radical (unpaired) electrons. The third kappa shape index (κ3) is 2.56. The van der Waals surface area contributed by atoms with E-state index >= 15 is 0 Å². The number of nitrogens with zero attached hydrogens (tertiary/aromatic N) is 2. The normalized spacial score (nSPS) is 11.2. The highest BCUT2D eigenvalue weighted by Crippen LogP contribution is 2.32. The molecule has 2 heterocycles. The Kier molecular flexibility index (Phi) is 3.73. The molecular formula is C21H19N3O. The van der Waals surface area contributed by atoms with Gasteiger partial charge in [0.2, 0.25) is 5.91 Å². The van der Waals surface area contributed by atoms with Crippen LogP contribution in [0.3, 0.4) is 0 Å². The van der Waals surface area contributed by atoms with Crippen LogP contribution in [0.2, 0.25) is 0 Å². The second-order valence-electron chi connectivity index (χ2n) is 6.18. The molecule has 2 aromatic carbocycles. The first-order valence-electron chi connectivity index (χ1n) is 8.42. The first-order chi connectivity index (χ1) is 12.2. The summed E-state index contributed by atoms with van der Waals surface area (Å²) in [4.78, 5) is 16.4. The number of pyridine rings is 1. The fraction of sp³-hybridized carbons (Fsp3) is 0.143. The summed E-state index contributed by atoms with van der Waals surface area (Å²) in [5, 5.41) is 1.97. The van der Waals surface area contributed by atoms with E-state index in [1.54, 1.807) is 12.3 Å². The molecule has 0 saturated heterocycles. The van der Waals surface area contributed by atoms with Crippen LogP contribution in [0.25, 0.3) is 21.8 Å². The molecule has 0 aliphatic rings. The predicted molar refractivity (Wildman–Crippen MR) is 101 cm³/mol. The Bertz CT molecular complexity index is 1080. The molecule has 0 unspecified atom stereocenters. The van der Waals surface area contributed by atoms with Crippen LogP contribution >= 0.6 is 0 Å². The van der Waals surface area contributed by atoms with Gasteiger partial charge in [0.1, 0.15) is 0 Å². The van der Waals surface area contributed by atoms with E-state index in [0.29, 0.717) is 12.1 Å². The highest BCUT2D eigenvalue weighted by molar-refractivity contribution is 6.17. The Balaban J connectivity index is 2.07. The summed E-state index contributed by atoms with van der Waals surface area (Å²) >= 11 is 0. The highest BCUT2D eigenvalue weighted by Gasteiger charge is 2.16. The van der Waals surface area contributed by atoms with Crippen molar-refractivity contribution in [3.8, 4) is 0 Å². The van der Waals surface area contributed by atoms with Crippen molar-refractivity contribution in [2.45, 2.75) is 19.9 Å². The summed E-state index contributed by atoms with van der Waals surface area (Å²) in [5.41, 5.74) is 10.5. The van der Waals surface area contributed by atoms with Crippen molar-refractivity contribution in [3.05, 3.63) is 77.6 Å². The summed E-state index contributed by atoms with van der Waals surface area (Å²) in [7, 11) is 0. The molecule has 0 saturated carbocycles. The first kappa shape index (κ1) is 15.4. The van der Waals surface area contributed by atoms with E-state index in [1.165, 1.54) is 5.56 Å². The smallest absolute Gasteiger partial charge is 0.249 e. The topological polar surface area (TPSA) is 60.9 Å².